The van der Waals surface area contributed by atoms with Crippen LogP contribution in [0.3, 0.4) is 0 Å². The molecule has 23 heavy (non-hydrogen) atoms. The fourth-order valence-corrected chi connectivity index (χ4v) is 3.04. The van der Waals surface area contributed by atoms with E-state index in [2.05, 4.69) is 43.3 Å². The molecule has 0 amide bonds. The molecule has 2 aromatic carbocycles. The van der Waals surface area contributed by atoms with E-state index in [4.69, 9.17) is 23.2 Å². The maximum Gasteiger partial charge on any atom is 0.0595 e. The molecule has 0 bridgehead atoms. The molecule has 2 aromatic rings. The van der Waals surface area contributed by atoms with Crippen molar-refractivity contribution in [2.24, 2.45) is 5.92 Å². The Hall–Kier alpha value is -0.980. The average Bonchev–Trinajstić information content (AvgIpc) is 2.54. The molecule has 0 aliphatic rings. The van der Waals surface area contributed by atoms with Crippen molar-refractivity contribution in [2.75, 3.05) is 0 Å². The molecule has 0 aliphatic heterocycles. The summed E-state index contributed by atoms with van der Waals surface area (Å²) in [7, 11) is 0. The van der Waals surface area contributed by atoms with Gasteiger partial charge in [-0.25, -0.2) is 0 Å². The molecule has 0 spiro atoms. The number of halogens is 2. The van der Waals surface area contributed by atoms with Crippen molar-refractivity contribution in [1.29, 1.82) is 0 Å². The first-order chi connectivity index (χ1) is 10.6. The number of aryl methyl sites for hydroxylation is 2. The Balaban J connectivity index is 0.00000264. The van der Waals surface area contributed by atoms with E-state index in [0.717, 1.165) is 12.3 Å². The summed E-state index contributed by atoms with van der Waals surface area (Å²) < 4.78 is 0. The van der Waals surface area contributed by atoms with Gasteiger partial charge in [0.05, 0.1) is 10.0 Å². The average molecular weight is 351 g/mol. The van der Waals surface area contributed by atoms with E-state index < -0.39 is 0 Å². The summed E-state index contributed by atoms with van der Waals surface area (Å²) in [6.45, 7) is 2.35. The predicted octanol–water partition coefficient (Wildman–Crippen LogP) is 7.61. The molecule has 0 fully saturated rings. The molecule has 2 heteroatoms. The molecule has 0 N–H and O–H groups in total. The summed E-state index contributed by atoms with van der Waals surface area (Å²) >= 11 is 12.0. The van der Waals surface area contributed by atoms with Crippen LogP contribution in [0.25, 0.3) is 0 Å². The van der Waals surface area contributed by atoms with Gasteiger partial charge in [-0.15, -0.1) is 0 Å². The summed E-state index contributed by atoms with van der Waals surface area (Å²) in [5.41, 5.74) is 2.73. The van der Waals surface area contributed by atoms with Crippen LogP contribution in [-0.2, 0) is 12.8 Å². The van der Waals surface area contributed by atoms with Gasteiger partial charge in [0.25, 0.3) is 0 Å². The highest BCUT2D eigenvalue weighted by atomic mass is 35.5. The van der Waals surface area contributed by atoms with Crippen molar-refractivity contribution in [3.05, 3.63) is 69.7 Å². The number of unbranched alkanes of at least 4 members (excludes halogenated alkanes) is 1. The van der Waals surface area contributed by atoms with E-state index in [9.17, 15) is 0 Å². The molecule has 0 nitrogen and oxygen atoms in total. The molecule has 0 saturated carbocycles. The van der Waals surface area contributed by atoms with Crippen molar-refractivity contribution in [3.8, 4) is 0 Å². The van der Waals surface area contributed by atoms with Gasteiger partial charge in [-0.3, -0.25) is 0 Å². The summed E-state index contributed by atoms with van der Waals surface area (Å²) in [4.78, 5) is 0. The fourth-order valence-electron chi connectivity index (χ4n) is 2.72. The number of rotatable bonds is 8. The molecular weight excluding hydrogens is 323 g/mol. The zero-order chi connectivity index (χ0) is 15.8. The summed E-state index contributed by atoms with van der Waals surface area (Å²) in [6, 6.07) is 16.7. The lowest BCUT2D eigenvalue weighted by molar-refractivity contribution is 0.466. The van der Waals surface area contributed by atoms with Crippen molar-refractivity contribution in [3.63, 3.8) is 0 Å². The Morgan fingerprint density at radius 1 is 0.783 bits per heavy atom. The lowest BCUT2D eigenvalue weighted by Gasteiger charge is -2.11. The van der Waals surface area contributed by atoms with Crippen LogP contribution in [0.15, 0.2) is 48.5 Å². The maximum absolute atomic E-state index is 6.06. The van der Waals surface area contributed by atoms with Gasteiger partial charge in [0.2, 0.25) is 0 Å². The Kier molecular flexibility index (Phi) is 9.36. The lowest BCUT2D eigenvalue weighted by atomic mass is 9.95. The third kappa shape index (κ3) is 7.42. The zero-order valence-corrected chi connectivity index (χ0v) is 14.7. The number of hydrogen-bond acceptors (Lipinski definition) is 0. The van der Waals surface area contributed by atoms with E-state index >= 15 is 0 Å². The lowest BCUT2D eigenvalue weighted by Crippen LogP contribution is -1.98. The normalized spacial score (nSPS) is 11.8. The Bertz CT molecular complexity index is 563. The van der Waals surface area contributed by atoms with Crippen molar-refractivity contribution in [1.82, 2.24) is 0 Å². The highest BCUT2D eigenvalue weighted by Crippen LogP contribution is 2.24. The van der Waals surface area contributed by atoms with Gasteiger partial charge in [0.1, 0.15) is 0 Å². The van der Waals surface area contributed by atoms with Crippen LogP contribution in [0.4, 0.5) is 0 Å². The van der Waals surface area contributed by atoms with Gasteiger partial charge < -0.3 is 0 Å². The van der Waals surface area contributed by atoms with Crippen LogP contribution < -0.4 is 0 Å². The first-order valence-electron chi connectivity index (χ1n) is 8.13. The van der Waals surface area contributed by atoms with Crippen LogP contribution in [0.1, 0.15) is 51.2 Å². The number of hydrogen-bond donors (Lipinski definition) is 0. The fraction of sp³-hybridized carbons (Fsp3) is 0.429. The second-order valence-electron chi connectivity index (χ2n) is 6.12. The van der Waals surface area contributed by atoms with E-state index in [0.29, 0.717) is 10.0 Å². The van der Waals surface area contributed by atoms with E-state index in [-0.39, 0.29) is 7.43 Å². The smallest absolute Gasteiger partial charge is 0.0595 e. The summed E-state index contributed by atoms with van der Waals surface area (Å²) in [6.07, 6.45) is 7.37. The second-order valence-corrected chi connectivity index (χ2v) is 6.94. The first-order valence-corrected chi connectivity index (χ1v) is 8.88. The molecule has 2 rings (SSSR count). The van der Waals surface area contributed by atoms with Crippen LogP contribution in [0.2, 0.25) is 10.0 Å². The molecule has 0 heterocycles. The van der Waals surface area contributed by atoms with Gasteiger partial charge in [-0.1, -0.05) is 86.8 Å². The van der Waals surface area contributed by atoms with Gasteiger partial charge in [0.15, 0.2) is 0 Å². The molecule has 0 radical (unpaired) electrons. The molecule has 0 aromatic heterocycles. The Morgan fingerprint density at radius 2 is 1.52 bits per heavy atom. The number of benzene rings is 2. The monoisotopic (exact) mass is 350 g/mol. The van der Waals surface area contributed by atoms with Crippen molar-refractivity contribution < 1.29 is 0 Å². The van der Waals surface area contributed by atoms with Crippen LogP contribution in [0, 0.1) is 5.92 Å². The van der Waals surface area contributed by atoms with E-state index in [1.165, 1.54) is 43.2 Å². The largest absolute Gasteiger partial charge is 0.0827 e. The molecule has 126 valence electrons. The third-order valence-electron chi connectivity index (χ3n) is 4.17. The van der Waals surface area contributed by atoms with Crippen LogP contribution in [0.5, 0.6) is 0 Å². The minimum atomic E-state index is 0. The van der Waals surface area contributed by atoms with Gasteiger partial charge >= 0.3 is 0 Å². The second kappa shape index (κ2) is 10.7. The zero-order valence-electron chi connectivity index (χ0n) is 13.2. The van der Waals surface area contributed by atoms with Crippen molar-refractivity contribution >= 4 is 23.2 Å². The van der Waals surface area contributed by atoms with Gasteiger partial charge in [-0.2, -0.15) is 0 Å². The van der Waals surface area contributed by atoms with Crippen molar-refractivity contribution in [2.45, 2.75) is 52.9 Å². The topological polar surface area (TPSA) is 0 Å². The minimum Gasteiger partial charge on any atom is -0.0827 e. The standard InChI is InChI=1S/C20H24Cl2.CH4/c1-16(7-5-6-10-17-8-3-2-4-9-17)11-12-18-13-14-19(21)20(22)15-18;/h2-4,8-9,13-16H,5-7,10-12H2,1H3;1H4. The molecule has 0 saturated heterocycles. The van der Waals surface area contributed by atoms with Gasteiger partial charge in [-0.05, 0) is 54.9 Å². The molecule has 1 atom stereocenters. The minimum absolute atomic E-state index is 0. The van der Waals surface area contributed by atoms with Crippen LogP contribution in [-0.4, -0.2) is 0 Å². The highest BCUT2D eigenvalue weighted by Gasteiger charge is 2.05. The third-order valence-corrected chi connectivity index (χ3v) is 4.90. The predicted molar refractivity (Wildman–Crippen MR) is 105 cm³/mol. The first kappa shape index (κ1) is 20.1. The van der Waals surface area contributed by atoms with Crippen LogP contribution >= 0.6 is 23.2 Å². The highest BCUT2D eigenvalue weighted by molar-refractivity contribution is 6.42. The SMILES string of the molecule is C.CC(CCCCc1ccccc1)CCc1ccc(Cl)c(Cl)c1. The Labute approximate surface area is 151 Å². The maximum atomic E-state index is 6.06. The van der Waals surface area contributed by atoms with E-state index in [1.54, 1.807) is 0 Å². The van der Waals surface area contributed by atoms with Gasteiger partial charge in [0, 0.05) is 0 Å². The summed E-state index contributed by atoms with van der Waals surface area (Å²) in [5, 5.41) is 1.30. The van der Waals surface area contributed by atoms with E-state index in [1.807, 2.05) is 12.1 Å². The molecule has 1 unspecified atom stereocenters. The summed E-state index contributed by atoms with van der Waals surface area (Å²) in [5.74, 6) is 0.755. The Morgan fingerprint density at radius 3 is 2.22 bits per heavy atom. The molecule has 0 aliphatic carbocycles. The quantitative estimate of drug-likeness (QED) is 0.429. The molecular formula is C21H28Cl2.